The fourth-order valence-electron chi connectivity index (χ4n) is 1.84. The van der Waals surface area contributed by atoms with Gasteiger partial charge in [0.05, 0.1) is 11.4 Å². The fraction of sp³-hybridized carbons (Fsp3) is 0.0714. The molecule has 0 fully saturated rings. The lowest BCUT2D eigenvalue weighted by molar-refractivity contribution is 0.302. The zero-order valence-corrected chi connectivity index (χ0v) is 10.8. The van der Waals surface area contributed by atoms with Crippen LogP contribution in [-0.2, 0) is 6.61 Å². The second-order valence-electron chi connectivity index (χ2n) is 4.17. The van der Waals surface area contributed by atoms with Gasteiger partial charge in [0.1, 0.15) is 12.4 Å². The van der Waals surface area contributed by atoms with Crippen LogP contribution in [0.15, 0.2) is 48.8 Å². The molecule has 3 rings (SSSR count). The number of imidazole rings is 1. The predicted octanol–water partition coefficient (Wildman–Crippen LogP) is 3.15. The van der Waals surface area contributed by atoms with E-state index in [0.29, 0.717) is 17.3 Å². The number of hydrogen-bond acceptors (Lipinski definition) is 3. The van der Waals surface area contributed by atoms with E-state index in [4.69, 9.17) is 22.1 Å². The maximum atomic E-state index is 5.85. The summed E-state index contributed by atoms with van der Waals surface area (Å²) < 4.78 is 7.53. The van der Waals surface area contributed by atoms with Gasteiger partial charge in [-0.05, 0) is 36.4 Å². The molecular weight excluding hydrogens is 262 g/mol. The number of fused-ring (bicyclic) bond motifs is 1. The lowest BCUT2D eigenvalue weighted by Crippen LogP contribution is -1.95. The normalized spacial score (nSPS) is 10.8. The Bertz CT molecular complexity index is 706. The first-order chi connectivity index (χ1) is 9.22. The van der Waals surface area contributed by atoms with Crippen molar-refractivity contribution in [3.05, 3.63) is 59.5 Å². The summed E-state index contributed by atoms with van der Waals surface area (Å²) >= 11 is 5.81. The van der Waals surface area contributed by atoms with Gasteiger partial charge in [0.25, 0.3) is 0 Å². The Balaban J connectivity index is 1.78. The lowest BCUT2D eigenvalue weighted by atomic mass is 10.3. The van der Waals surface area contributed by atoms with Crippen molar-refractivity contribution in [2.75, 3.05) is 5.73 Å². The summed E-state index contributed by atoms with van der Waals surface area (Å²) in [6.07, 6.45) is 3.81. The summed E-state index contributed by atoms with van der Waals surface area (Å²) in [6, 6.07) is 10.9. The van der Waals surface area contributed by atoms with Crippen LogP contribution in [0.5, 0.6) is 5.75 Å². The van der Waals surface area contributed by atoms with Gasteiger partial charge < -0.3 is 14.9 Å². The van der Waals surface area contributed by atoms with Crippen molar-refractivity contribution in [1.29, 1.82) is 0 Å². The Morgan fingerprint density at radius 2 is 2.00 bits per heavy atom. The van der Waals surface area contributed by atoms with Crippen LogP contribution in [0.4, 0.5) is 5.69 Å². The van der Waals surface area contributed by atoms with Gasteiger partial charge in [-0.2, -0.15) is 0 Å². The van der Waals surface area contributed by atoms with Gasteiger partial charge in [-0.25, -0.2) is 4.98 Å². The Kier molecular flexibility index (Phi) is 3.01. The third-order valence-electron chi connectivity index (χ3n) is 2.76. The van der Waals surface area contributed by atoms with Crippen LogP contribution in [0.1, 0.15) is 5.69 Å². The smallest absolute Gasteiger partial charge is 0.160 e. The van der Waals surface area contributed by atoms with Gasteiger partial charge >= 0.3 is 0 Å². The predicted molar refractivity (Wildman–Crippen MR) is 75.4 cm³/mol. The van der Waals surface area contributed by atoms with Crippen molar-refractivity contribution in [2.45, 2.75) is 6.61 Å². The minimum Gasteiger partial charge on any atom is -0.487 e. The number of rotatable bonds is 3. The Morgan fingerprint density at radius 1 is 1.21 bits per heavy atom. The summed E-state index contributed by atoms with van der Waals surface area (Å²) in [7, 11) is 0. The number of benzene rings is 1. The summed E-state index contributed by atoms with van der Waals surface area (Å²) in [5.74, 6) is 0.759. The molecule has 0 amide bonds. The van der Waals surface area contributed by atoms with E-state index in [0.717, 1.165) is 17.1 Å². The minimum absolute atomic E-state index is 0.392. The highest BCUT2D eigenvalue weighted by Crippen LogP contribution is 2.18. The lowest BCUT2D eigenvalue weighted by Gasteiger charge is -2.03. The molecule has 0 saturated heterocycles. The summed E-state index contributed by atoms with van der Waals surface area (Å²) in [6.45, 7) is 0.392. The van der Waals surface area contributed by atoms with E-state index in [1.165, 1.54) is 0 Å². The molecule has 19 heavy (non-hydrogen) atoms. The van der Waals surface area contributed by atoms with E-state index in [1.807, 2.05) is 41.1 Å². The van der Waals surface area contributed by atoms with E-state index in [1.54, 1.807) is 12.1 Å². The van der Waals surface area contributed by atoms with Crippen molar-refractivity contribution in [3.63, 3.8) is 0 Å². The number of ether oxygens (including phenoxy) is 1. The minimum atomic E-state index is 0.392. The number of nitrogens with zero attached hydrogens (tertiary/aromatic N) is 2. The van der Waals surface area contributed by atoms with Crippen molar-refractivity contribution in [1.82, 2.24) is 9.38 Å². The molecule has 4 nitrogen and oxygen atoms in total. The number of hydrogen-bond donors (Lipinski definition) is 1. The topological polar surface area (TPSA) is 52.5 Å². The highest BCUT2D eigenvalue weighted by molar-refractivity contribution is 6.30. The van der Waals surface area contributed by atoms with Crippen LogP contribution < -0.4 is 10.5 Å². The van der Waals surface area contributed by atoms with Crippen molar-refractivity contribution >= 4 is 22.9 Å². The third-order valence-corrected chi connectivity index (χ3v) is 3.02. The molecule has 1 aromatic carbocycles. The van der Waals surface area contributed by atoms with Gasteiger partial charge in [-0.1, -0.05) is 11.6 Å². The molecule has 0 spiro atoms. The maximum Gasteiger partial charge on any atom is 0.160 e. The molecule has 0 bridgehead atoms. The van der Waals surface area contributed by atoms with Gasteiger partial charge in [-0.15, -0.1) is 0 Å². The molecule has 0 radical (unpaired) electrons. The molecule has 2 N–H and O–H groups in total. The molecule has 2 aromatic heterocycles. The van der Waals surface area contributed by atoms with Crippen LogP contribution in [0.25, 0.3) is 5.65 Å². The van der Waals surface area contributed by atoms with Crippen molar-refractivity contribution < 1.29 is 4.74 Å². The zero-order valence-electron chi connectivity index (χ0n) is 10.1. The molecule has 5 heteroatoms. The van der Waals surface area contributed by atoms with Crippen LogP contribution in [-0.4, -0.2) is 9.38 Å². The Labute approximate surface area is 115 Å². The second kappa shape index (κ2) is 4.82. The molecule has 0 aliphatic rings. The van der Waals surface area contributed by atoms with Crippen LogP contribution in [0.3, 0.4) is 0 Å². The SMILES string of the molecule is Nc1cccn2cc(COc3ccc(Cl)cc3)nc12. The molecule has 0 atom stereocenters. The number of aromatic nitrogens is 2. The molecule has 0 aliphatic heterocycles. The van der Waals surface area contributed by atoms with Gasteiger partial charge in [0.2, 0.25) is 0 Å². The maximum absolute atomic E-state index is 5.85. The first-order valence-electron chi connectivity index (χ1n) is 5.83. The first kappa shape index (κ1) is 11.9. The molecule has 0 saturated carbocycles. The van der Waals surface area contributed by atoms with Crippen molar-refractivity contribution in [2.24, 2.45) is 0 Å². The third kappa shape index (κ3) is 2.48. The zero-order chi connectivity index (χ0) is 13.2. The van der Waals surface area contributed by atoms with Crippen molar-refractivity contribution in [3.8, 4) is 5.75 Å². The first-order valence-corrected chi connectivity index (χ1v) is 6.20. The monoisotopic (exact) mass is 273 g/mol. The van der Waals surface area contributed by atoms with E-state index >= 15 is 0 Å². The van der Waals surface area contributed by atoms with Gasteiger partial charge in [-0.3, -0.25) is 0 Å². The average Bonchev–Trinajstić information content (AvgIpc) is 2.83. The quantitative estimate of drug-likeness (QED) is 0.797. The number of halogens is 1. The second-order valence-corrected chi connectivity index (χ2v) is 4.61. The number of nitrogen functional groups attached to an aromatic ring is 1. The van der Waals surface area contributed by atoms with Crippen LogP contribution in [0, 0.1) is 0 Å². The number of nitrogens with two attached hydrogens (primary N) is 1. The molecule has 0 unspecified atom stereocenters. The van der Waals surface area contributed by atoms with E-state index in [2.05, 4.69) is 4.98 Å². The fourth-order valence-corrected chi connectivity index (χ4v) is 1.97. The average molecular weight is 274 g/mol. The summed E-state index contributed by atoms with van der Waals surface area (Å²) in [5, 5.41) is 0.688. The summed E-state index contributed by atoms with van der Waals surface area (Å²) in [5.41, 5.74) is 8.08. The van der Waals surface area contributed by atoms with E-state index < -0.39 is 0 Å². The van der Waals surface area contributed by atoms with Gasteiger partial charge in [0.15, 0.2) is 5.65 Å². The molecule has 2 heterocycles. The van der Waals surface area contributed by atoms with Gasteiger partial charge in [0, 0.05) is 17.4 Å². The Hall–Kier alpha value is -2.20. The van der Waals surface area contributed by atoms with Crippen LogP contribution >= 0.6 is 11.6 Å². The molecule has 0 aliphatic carbocycles. The molecule has 96 valence electrons. The largest absolute Gasteiger partial charge is 0.487 e. The summed E-state index contributed by atoms with van der Waals surface area (Å²) in [4.78, 5) is 4.43. The van der Waals surface area contributed by atoms with E-state index in [9.17, 15) is 0 Å². The molecular formula is C14H12ClN3O. The highest BCUT2D eigenvalue weighted by Gasteiger charge is 2.04. The molecule has 3 aromatic rings. The Morgan fingerprint density at radius 3 is 2.74 bits per heavy atom. The number of anilines is 1. The van der Waals surface area contributed by atoms with Crippen LogP contribution in [0.2, 0.25) is 5.02 Å². The van der Waals surface area contributed by atoms with E-state index in [-0.39, 0.29) is 0 Å². The standard InChI is InChI=1S/C14H12ClN3O/c15-10-3-5-12(6-4-10)19-9-11-8-18-7-1-2-13(16)14(18)17-11/h1-8H,9,16H2. The number of pyridine rings is 1. The highest BCUT2D eigenvalue weighted by atomic mass is 35.5.